The largest absolute Gasteiger partial charge is 0.468 e. The highest BCUT2D eigenvalue weighted by Crippen LogP contribution is 2.55. The molecular formula is C74H84BN3OSi2. The summed E-state index contributed by atoms with van der Waals surface area (Å²) in [6.45, 7) is 41.3. The summed E-state index contributed by atoms with van der Waals surface area (Å²) in [6.07, 6.45) is 4.58. The Morgan fingerprint density at radius 1 is 0.469 bits per heavy atom. The summed E-state index contributed by atoms with van der Waals surface area (Å²) in [5.74, 6) is 0. The fourth-order valence-electron chi connectivity index (χ4n) is 14.4. The molecule has 7 heteroatoms. The standard InChI is InChI=1S/C74H84BN3OSi2/c1-70(2,3)49-23-35-66-57(41-49)68-69(79-66)75-62-45-60-61(74(10,11)39-38-73(60,8)9)46-63(62)77(53-29-34-58-59(42-53)72(6,7)37-36-71(58,4)5)64-43-54(44-65(67(64)75)78(68)52-24-22-47-20-18-19-21-48(47)40-52)76(50-25-30-55(31-26-50)80(12,13)14)51-27-32-56(33-28-51)81(15,16)17/h18-35,40-46H,36-39H2,1-17H3. The lowest BCUT2D eigenvalue weighted by Gasteiger charge is -2.47. The molecule has 0 bridgehead atoms. The predicted molar refractivity (Wildman–Crippen MR) is 358 cm³/mol. The van der Waals surface area contributed by atoms with E-state index in [0.717, 1.165) is 64.3 Å². The zero-order valence-electron chi connectivity index (χ0n) is 51.6. The van der Waals surface area contributed by atoms with Crippen LogP contribution in [0.1, 0.15) is 130 Å². The van der Waals surface area contributed by atoms with Gasteiger partial charge in [-0.2, -0.15) is 0 Å². The number of anilines is 9. The summed E-state index contributed by atoms with van der Waals surface area (Å²) in [5.41, 5.74) is 22.1. The molecule has 9 aromatic rings. The molecule has 2 aliphatic heterocycles. The first kappa shape index (κ1) is 53.8. The lowest BCUT2D eigenvalue weighted by Crippen LogP contribution is -2.61. The summed E-state index contributed by atoms with van der Waals surface area (Å²) in [7, 11) is -3.24. The van der Waals surface area contributed by atoms with Crippen molar-refractivity contribution in [2.75, 3.05) is 14.7 Å². The van der Waals surface area contributed by atoms with Gasteiger partial charge in [0.1, 0.15) is 5.58 Å². The second-order valence-corrected chi connectivity index (χ2v) is 40.6. The molecule has 0 radical (unpaired) electrons. The number of hydrogen-bond acceptors (Lipinski definition) is 4. The van der Waals surface area contributed by atoms with E-state index >= 15 is 0 Å². The molecule has 412 valence electrons. The van der Waals surface area contributed by atoms with E-state index in [1.54, 1.807) is 0 Å². The van der Waals surface area contributed by atoms with Crippen molar-refractivity contribution in [2.24, 2.45) is 0 Å². The van der Waals surface area contributed by atoms with Crippen LogP contribution in [0.5, 0.6) is 0 Å². The Kier molecular flexibility index (Phi) is 11.9. The van der Waals surface area contributed by atoms with Gasteiger partial charge < -0.3 is 19.1 Å². The molecule has 1 aromatic heterocycles. The normalized spacial score (nSPS) is 17.6. The van der Waals surface area contributed by atoms with Crippen molar-refractivity contribution in [2.45, 2.75) is 168 Å². The van der Waals surface area contributed by atoms with Crippen LogP contribution in [0.2, 0.25) is 39.3 Å². The molecule has 2 aliphatic carbocycles. The van der Waals surface area contributed by atoms with Crippen LogP contribution in [-0.2, 0) is 27.1 Å². The minimum absolute atomic E-state index is 0.00801. The van der Waals surface area contributed by atoms with Gasteiger partial charge in [0.25, 0.3) is 6.71 Å². The molecule has 0 N–H and O–H groups in total. The van der Waals surface area contributed by atoms with Crippen LogP contribution in [0.25, 0.3) is 21.7 Å². The molecule has 81 heavy (non-hydrogen) atoms. The molecule has 0 spiro atoms. The van der Waals surface area contributed by atoms with Crippen LogP contribution < -0.4 is 41.7 Å². The molecule has 0 saturated heterocycles. The summed E-state index contributed by atoms with van der Waals surface area (Å²) in [5, 5.41) is 6.49. The summed E-state index contributed by atoms with van der Waals surface area (Å²) < 4.78 is 7.64. The Labute approximate surface area is 486 Å². The molecular weight excluding hydrogens is 1010 g/mol. The van der Waals surface area contributed by atoms with Crippen LogP contribution in [-0.4, -0.2) is 22.9 Å². The molecule has 0 amide bonds. The van der Waals surface area contributed by atoms with Crippen LogP contribution in [0, 0.1) is 0 Å². The zero-order chi connectivity index (χ0) is 57.3. The third-order valence-corrected chi connectivity index (χ3v) is 23.9. The van der Waals surface area contributed by atoms with E-state index < -0.39 is 16.1 Å². The lowest BCUT2D eigenvalue weighted by molar-refractivity contribution is 0.332. The molecule has 8 aromatic carbocycles. The number of rotatable bonds is 7. The quantitative estimate of drug-likeness (QED) is 0.148. The number of benzene rings is 8. The topological polar surface area (TPSA) is 22.9 Å². The number of furan rings is 1. The van der Waals surface area contributed by atoms with Gasteiger partial charge in [-0.05, 0) is 181 Å². The van der Waals surface area contributed by atoms with Gasteiger partial charge in [-0.15, -0.1) is 0 Å². The van der Waals surface area contributed by atoms with Crippen molar-refractivity contribution in [1.29, 1.82) is 0 Å². The smallest absolute Gasteiger partial charge is 0.297 e. The van der Waals surface area contributed by atoms with E-state index in [1.807, 2.05) is 0 Å². The summed E-state index contributed by atoms with van der Waals surface area (Å²) >= 11 is 0. The third kappa shape index (κ3) is 8.72. The van der Waals surface area contributed by atoms with Crippen molar-refractivity contribution in [3.8, 4) is 0 Å². The van der Waals surface area contributed by atoms with E-state index in [1.165, 1.54) is 89.1 Å². The Hall–Kier alpha value is -6.54. The first-order valence-corrected chi connectivity index (χ1v) is 37.2. The molecule has 0 saturated carbocycles. The monoisotopic (exact) mass is 1100 g/mol. The molecule has 0 unspecified atom stereocenters. The van der Waals surface area contributed by atoms with Crippen LogP contribution >= 0.6 is 0 Å². The Bertz CT molecular complexity index is 3970. The maximum absolute atomic E-state index is 7.64. The van der Waals surface area contributed by atoms with Crippen molar-refractivity contribution >= 4 is 123 Å². The SMILES string of the molecule is CC(C)(C)c1ccc2oc3c(c2c1)N(c1ccc2ccccc2c1)c1cc(N(c2ccc([Si](C)(C)C)cc2)c2ccc([Si](C)(C)C)cc2)cc2c1B3c1cc3c(cc1N2c1ccc2c(c1)C(C)(C)CCC2(C)C)C(C)(C)CCC3(C)C. The van der Waals surface area contributed by atoms with E-state index in [0.29, 0.717) is 0 Å². The summed E-state index contributed by atoms with van der Waals surface area (Å²) in [4.78, 5) is 7.86. The van der Waals surface area contributed by atoms with Gasteiger partial charge in [0, 0.05) is 45.2 Å². The Morgan fingerprint density at radius 2 is 0.975 bits per heavy atom. The predicted octanol–water partition coefficient (Wildman–Crippen LogP) is 18.2. The van der Waals surface area contributed by atoms with Gasteiger partial charge in [0.15, 0.2) is 0 Å². The van der Waals surface area contributed by atoms with Crippen molar-refractivity contribution in [1.82, 2.24) is 0 Å². The number of fused-ring (bicyclic) bond motifs is 9. The maximum atomic E-state index is 7.64. The minimum atomic E-state index is -1.62. The van der Waals surface area contributed by atoms with Crippen molar-refractivity contribution in [3.05, 3.63) is 179 Å². The molecule has 13 rings (SSSR count). The minimum Gasteiger partial charge on any atom is -0.468 e. The second kappa shape index (κ2) is 18.0. The van der Waals surface area contributed by atoms with Crippen LogP contribution in [0.3, 0.4) is 0 Å². The zero-order valence-corrected chi connectivity index (χ0v) is 53.6. The summed E-state index contributed by atoms with van der Waals surface area (Å²) in [6, 6.07) is 60.1. The van der Waals surface area contributed by atoms with Gasteiger partial charge in [-0.25, -0.2) is 0 Å². The highest BCUT2D eigenvalue weighted by molar-refractivity contribution is 7.00. The van der Waals surface area contributed by atoms with Gasteiger partial charge in [0.05, 0.1) is 33.2 Å². The van der Waals surface area contributed by atoms with E-state index in [2.05, 4.69) is 282 Å². The molecule has 4 nitrogen and oxygen atoms in total. The van der Waals surface area contributed by atoms with Gasteiger partial charge in [-0.3, -0.25) is 0 Å². The van der Waals surface area contributed by atoms with Gasteiger partial charge in [0.2, 0.25) is 0 Å². The number of hydrogen-bond donors (Lipinski definition) is 0. The first-order chi connectivity index (χ1) is 38.0. The molecule has 0 atom stereocenters. The van der Waals surface area contributed by atoms with Gasteiger partial charge >= 0.3 is 0 Å². The Balaban J connectivity index is 1.20. The fraction of sp³-hybridized carbons (Fsp3) is 0.351. The van der Waals surface area contributed by atoms with Crippen molar-refractivity contribution < 1.29 is 4.42 Å². The molecule has 3 heterocycles. The van der Waals surface area contributed by atoms with Gasteiger partial charge in [-0.1, -0.05) is 199 Å². The average molecular weight is 1100 g/mol. The highest BCUT2D eigenvalue weighted by atomic mass is 28.3. The third-order valence-electron chi connectivity index (χ3n) is 19.8. The van der Waals surface area contributed by atoms with E-state index in [4.69, 9.17) is 4.42 Å². The number of nitrogens with zero attached hydrogens (tertiary/aromatic N) is 3. The van der Waals surface area contributed by atoms with E-state index in [9.17, 15) is 0 Å². The molecule has 4 aliphatic rings. The van der Waals surface area contributed by atoms with E-state index in [-0.39, 0.29) is 33.8 Å². The van der Waals surface area contributed by atoms with Crippen molar-refractivity contribution in [3.63, 3.8) is 0 Å². The van der Waals surface area contributed by atoms with Crippen LogP contribution in [0.15, 0.2) is 156 Å². The average Bonchev–Trinajstić information content (AvgIpc) is 2.13. The van der Waals surface area contributed by atoms with Crippen LogP contribution in [0.4, 0.5) is 51.2 Å². The fourth-order valence-corrected chi connectivity index (χ4v) is 16.7. The lowest BCUT2D eigenvalue weighted by atomic mass is 9.35. The Morgan fingerprint density at radius 3 is 1.54 bits per heavy atom. The second-order valence-electron chi connectivity index (χ2n) is 30.5. The molecule has 0 fully saturated rings. The maximum Gasteiger partial charge on any atom is 0.297 e. The highest BCUT2D eigenvalue weighted by Gasteiger charge is 2.50. The first-order valence-electron chi connectivity index (χ1n) is 30.2.